The summed E-state index contributed by atoms with van der Waals surface area (Å²) in [5.41, 5.74) is 0.540. The van der Waals surface area contributed by atoms with Crippen LogP contribution in [-0.4, -0.2) is 41.2 Å². The molecule has 2 aromatic carbocycles. The zero-order chi connectivity index (χ0) is 19.6. The lowest BCUT2D eigenvalue weighted by atomic mass is 9.91. The number of nitrogens with zero attached hydrogens (tertiary/aromatic N) is 1. The van der Waals surface area contributed by atoms with Crippen molar-refractivity contribution in [3.8, 4) is 5.75 Å². The minimum atomic E-state index is -1.18. The molecule has 0 aliphatic carbocycles. The number of carbonyl (C=O) groups excluding carboxylic acids is 2. The normalized spacial score (nSPS) is 20.5. The molecule has 1 heterocycles. The third-order valence-corrected chi connectivity index (χ3v) is 4.55. The molecule has 142 valence electrons. The van der Waals surface area contributed by atoms with Crippen molar-refractivity contribution in [1.29, 1.82) is 0 Å². The van der Waals surface area contributed by atoms with Crippen LogP contribution in [0.5, 0.6) is 5.75 Å². The molecule has 6 nitrogen and oxygen atoms in total. The van der Waals surface area contributed by atoms with Crippen molar-refractivity contribution in [1.82, 2.24) is 10.2 Å². The number of ether oxygens (including phenoxy) is 1. The SMILES string of the molecule is Cc1ccc(C2(C)NC(=O)N(CC(O)COc3ccc(F)cc3)C2=O)cc1. The number of aryl methyl sites for hydroxylation is 1. The van der Waals surface area contributed by atoms with Gasteiger partial charge in [-0.2, -0.15) is 0 Å². The Bertz CT molecular complexity index is 838. The highest BCUT2D eigenvalue weighted by Crippen LogP contribution is 2.29. The quantitative estimate of drug-likeness (QED) is 0.763. The van der Waals surface area contributed by atoms with Gasteiger partial charge in [0, 0.05) is 0 Å². The van der Waals surface area contributed by atoms with E-state index >= 15 is 0 Å². The van der Waals surface area contributed by atoms with Crippen molar-refractivity contribution < 1.29 is 23.8 Å². The van der Waals surface area contributed by atoms with E-state index in [1.807, 2.05) is 19.1 Å². The van der Waals surface area contributed by atoms with Crippen LogP contribution >= 0.6 is 0 Å². The molecule has 0 saturated carbocycles. The second-order valence-electron chi connectivity index (χ2n) is 6.76. The van der Waals surface area contributed by atoms with E-state index in [2.05, 4.69) is 5.32 Å². The molecule has 0 bridgehead atoms. The van der Waals surface area contributed by atoms with Crippen molar-refractivity contribution in [2.75, 3.05) is 13.2 Å². The Morgan fingerprint density at radius 3 is 2.41 bits per heavy atom. The maximum absolute atomic E-state index is 12.9. The van der Waals surface area contributed by atoms with E-state index in [0.29, 0.717) is 11.3 Å². The lowest BCUT2D eigenvalue weighted by Gasteiger charge is -2.23. The number of aliphatic hydroxyl groups excluding tert-OH is 1. The predicted octanol–water partition coefficient (Wildman–Crippen LogP) is 2.34. The average Bonchev–Trinajstić information content (AvgIpc) is 2.86. The number of halogens is 1. The Hall–Kier alpha value is -2.93. The first-order valence-electron chi connectivity index (χ1n) is 8.57. The number of rotatable bonds is 6. The molecule has 0 aromatic heterocycles. The van der Waals surface area contributed by atoms with Crippen molar-refractivity contribution >= 4 is 11.9 Å². The summed E-state index contributed by atoms with van der Waals surface area (Å²) >= 11 is 0. The second kappa shape index (κ2) is 7.36. The van der Waals surface area contributed by atoms with Gasteiger partial charge in [-0.25, -0.2) is 9.18 Å². The number of benzene rings is 2. The van der Waals surface area contributed by atoms with Crippen molar-refractivity contribution in [3.05, 3.63) is 65.5 Å². The number of nitrogens with one attached hydrogen (secondary N) is 1. The van der Waals surface area contributed by atoms with E-state index in [9.17, 15) is 19.1 Å². The van der Waals surface area contributed by atoms with E-state index in [1.54, 1.807) is 19.1 Å². The van der Waals surface area contributed by atoms with Crippen LogP contribution < -0.4 is 10.1 Å². The Labute approximate surface area is 156 Å². The Morgan fingerprint density at radius 2 is 1.78 bits per heavy atom. The molecular formula is C20H21FN2O4. The molecule has 1 fully saturated rings. The first kappa shape index (κ1) is 18.8. The highest BCUT2D eigenvalue weighted by atomic mass is 19.1. The van der Waals surface area contributed by atoms with Crippen molar-refractivity contribution in [2.24, 2.45) is 0 Å². The number of imide groups is 1. The zero-order valence-electron chi connectivity index (χ0n) is 15.1. The van der Waals surface area contributed by atoms with Crippen molar-refractivity contribution in [2.45, 2.75) is 25.5 Å². The minimum absolute atomic E-state index is 0.135. The summed E-state index contributed by atoms with van der Waals surface area (Å²) in [5, 5.41) is 12.9. The van der Waals surface area contributed by atoms with E-state index in [0.717, 1.165) is 10.5 Å². The molecule has 2 aromatic rings. The number of hydrogen-bond donors (Lipinski definition) is 2. The van der Waals surface area contributed by atoms with Gasteiger partial charge in [0.25, 0.3) is 5.91 Å². The largest absolute Gasteiger partial charge is 0.491 e. The van der Waals surface area contributed by atoms with Crippen LogP contribution in [0.4, 0.5) is 9.18 Å². The monoisotopic (exact) mass is 372 g/mol. The summed E-state index contributed by atoms with van der Waals surface area (Å²) in [6, 6.07) is 12.1. The summed E-state index contributed by atoms with van der Waals surface area (Å²) in [6.45, 7) is 3.24. The van der Waals surface area contributed by atoms with E-state index in [4.69, 9.17) is 4.74 Å². The van der Waals surface area contributed by atoms with Crippen LogP contribution in [0.1, 0.15) is 18.1 Å². The fourth-order valence-corrected chi connectivity index (χ4v) is 2.93. The summed E-state index contributed by atoms with van der Waals surface area (Å²) in [7, 11) is 0. The van der Waals surface area contributed by atoms with Crippen LogP contribution in [0.25, 0.3) is 0 Å². The molecule has 0 spiro atoms. The van der Waals surface area contributed by atoms with Gasteiger partial charge in [0.15, 0.2) is 0 Å². The minimum Gasteiger partial charge on any atom is -0.491 e. The van der Waals surface area contributed by atoms with E-state index < -0.39 is 29.4 Å². The Kier molecular flexibility index (Phi) is 5.14. The standard InChI is InChI=1S/C20H21FN2O4/c1-13-3-5-14(6-4-13)20(2)18(25)23(19(26)22-20)11-16(24)12-27-17-9-7-15(21)8-10-17/h3-10,16,24H,11-12H2,1-2H3,(H,22,26). The van der Waals surface area contributed by atoms with Crippen LogP contribution in [0.15, 0.2) is 48.5 Å². The van der Waals surface area contributed by atoms with Gasteiger partial charge in [0.2, 0.25) is 0 Å². The van der Waals surface area contributed by atoms with Gasteiger partial charge >= 0.3 is 6.03 Å². The molecule has 2 unspecified atom stereocenters. The number of aliphatic hydroxyl groups is 1. The number of urea groups is 1. The van der Waals surface area contributed by atoms with Crippen LogP contribution in [0.2, 0.25) is 0 Å². The summed E-state index contributed by atoms with van der Waals surface area (Å²) in [4.78, 5) is 26.1. The molecule has 0 radical (unpaired) electrons. The smallest absolute Gasteiger partial charge is 0.325 e. The molecule has 7 heteroatoms. The number of carbonyl (C=O) groups is 2. The van der Waals surface area contributed by atoms with Gasteiger partial charge in [-0.3, -0.25) is 9.69 Å². The molecule has 2 atom stereocenters. The van der Waals surface area contributed by atoms with Crippen LogP contribution in [0, 0.1) is 12.7 Å². The second-order valence-corrected chi connectivity index (χ2v) is 6.76. The van der Waals surface area contributed by atoms with E-state index in [1.165, 1.54) is 24.3 Å². The molecule has 3 rings (SSSR count). The van der Waals surface area contributed by atoms with Gasteiger partial charge < -0.3 is 15.2 Å². The first-order valence-corrected chi connectivity index (χ1v) is 8.57. The van der Waals surface area contributed by atoms with Gasteiger partial charge in [0.05, 0.1) is 6.54 Å². The first-order chi connectivity index (χ1) is 12.8. The predicted molar refractivity (Wildman–Crippen MR) is 96.7 cm³/mol. The summed E-state index contributed by atoms with van der Waals surface area (Å²) in [6.07, 6.45) is -1.08. The fraction of sp³-hybridized carbons (Fsp3) is 0.300. The number of hydrogen-bond acceptors (Lipinski definition) is 4. The topological polar surface area (TPSA) is 78.9 Å². The molecule has 3 amide bonds. The number of amides is 3. The zero-order valence-corrected chi connectivity index (χ0v) is 15.1. The lowest BCUT2D eigenvalue weighted by molar-refractivity contribution is -0.132. The molecule has 1 saturated heterocycles. The highest BCUT2D eigenvalue weighted by molar-refractivity contribution is 6.07. The van der Waals surface area contributed by atoms with Gasteiger partial charge in [0.1, 0.15) is 29.8 Å². The Morgan fingerprint density at radius 1 is 1.15 bits per heavy atom. The van der Waals surface area contributed by atoms with E-state index in [-0.39, 0.29) is 13.2 Å². The number of β-amino-alcohol motifs (C(OH)–C–C–N with tert-alkyl or cyclic N) is 1. The highest BCUT2D eigenvalue weighted by Gasteiger charge is 2.49. The lowest BCUT2D eigenvalue weighted by Crippen LogP contribution is -2.42. The molecule has 27 heavy (non-hydrogen) atoms. The molecule has 1 aliphatic heterocycles. The van der Waals surface area contributed by atoms with Gasteiger partial charge in [-0.1, -0.05) is 29.8 Å². The summed E-state index contributed by atoms with van der Waals surface area (Å²) < 4.78 is 18.3. The average molecular weight is 372 g/mol. The molecule has 1 aliphatic rings. The maximum Gasteiger partial charge on any atom is 0.325 e. The third-order valence-electron chi connectivity index (χ3n) is 4.55. The fourth-order valence-electron chi connectivity index (χ4n) is 2.93. The van der Waals surface area contributed by atoms with Gasteiger partial charge in [-0.05, 0) is 43.7 Å². The summed E-state index contributed by atoms with van der Waals surface area (Å²) in [5.74, 6) is -0.438. The molecular weight excluding hydrogens is 351 g/mol. The van der Waals surface area contributed by atoms with Crippen LogP contribution in [-0.2, 0) is 10.3 Å². The van der Waals surface area contributed by atoms with Gasteiger partial charge in [-0.15, -0.1) is 0 Å². The Balaban J connectivity index is 1.64. The van der Waals surface area contributed by atoms with Crippen LogP contribution in [0.3, 0.4) is 0 Å². The third kappa shape index (κ3) is 3.93. The maximum atomic E-state index is 12.9. The van der Waals surface area contributed by atoms with Crippen molar-refractivity contribution in [3.63, 3.8) is 0 Å². The molecule has 2 N–H and O–H groups in total.